The molecule has 0 amide bonds. The Balaban J connectivity index is 4.39. The number of rotatable bonds is 64. The molecule has 0 bridgehead atoms. The highest BCUT2D eigenvalue weighted by Gasteiger charge is 2.19. The van der Waals surface area contributed by atoms with Crippen molar-refractivity contribution in [2.75, 3.05) is 13.2 Å². The first-order chi connectivity index (χ1) is 40.5. The maximum absolute atomic E-state index is 13.0. The lowest BCUT2D eigenvalue weighted by atomic mass is 10.0. The summed E-state index contributed by atoms with van der Waals surface area (Å²) in [6.45, 7) is 6.55. The molecule has 0 rings (SSSR count). The predicted molar refractivity (Wildman–Crippen MR) is 357 cm³/mol. The minimum atomic E-state index is -0.790. The third-order valence-electron chi connectivity index (χ3n) is 15.3. The first kappa shape index (κ1) is 78.3. The topological polar surface area (TPSA) is 78.9 Å². The second-order valence-corrected chi connectivity index (χ2v) is 23.4. The van der Waals surface area contributed by atoms with E-state index in [0.717, 1.165) is 116 Å². The van der Waals surface area contributed by atoms with Crippen LogP contribution in [0.1, 0.15) is 348 Å². The van der Waals surface area contributed by atoms with Crippen LogP contribution in [0.5, 0.6) is 0 Å². The molecule has 0 aromatic rings. The van der Waals surface area contributed by atoms with Gasteiger partial charge in [0.25, 0.3) is 0 Å². The molecule has 0 radical (unpaired) electrons. The maximum atomic E-state index is 13.0. The third kappa shape index (κ3) is 67.1. The molecule has 0 aliphatic heterocycles. The monoisotopic (exact) mass is 1140 g/mol. The van der Waals surface area contributed by atoms with Crippen LogP contribution in [0.15, 0.2) is 97.2 Å². The van der Waals surface area contributed by atoms with Gasteiger partial charge in [0.05, 0.1) is 0 Å². The molecule has 0 aliphatic carbocycles. The van der Waals surface area contributed by atoms with Gasteiger partial charge in [0.2, 0.25) is 0 Å². The van der Waals surface area contributed by atoms with Crippen molar-refractivity contribution >= 4 is 17.9 Å². The molecule has 82 heavy (non-hydrogen) atoms. The molecule has 0 heterocycles. The van der Waals surface area contributed by atoms with Crippen LogP contribution in [0.25, 0.3) is 0 Å². The largest absolute Gasteiger partial charge is 0.462 e. The fourth-order valence-electron chi connectivity index (χ4n) is 10.0. The quantitative estimate of drug-likeness (QED) is 0.0261. The summed E-state index contributed by atoms with van der Waals surface area (Å²) in [6.07, 6.45) is 94.2. The van der Waals surface area contributed by atoms with Gasteiger partial charge in [0.15, 0.2) is 6.10 Å². The average Bonchev–Trinajstić information content (AvgIpc) is 3.47. The van der Waals surface area contributed by atoms with Gasteiger partial charge in [-0.1, -0.05) is 304 Å². The number of esters is 3. The van der Waals surface area contributed by atoms with E-state index in [-0.39, 0.29) is 31.1 Å². The minimum Gasteiger partial charge on any atom is -0.462 e. The van der Waals surface area contributed by atoms with Crippen molar-refractivity contribution in [2.24, 2.45) is 0 Å². The molecule has 0 aromatic carbocycles. The zero-order chi connectivity index (χ0) is 59.2. The Morgan fingerprint density at radius 2 is 0.476 bits per heavy atom. The normalized spacial score (nSPS) is 12.7. The highest BCUT2D eigenvalue weighted by atomic mass is 16.6. The standard InChI is InChI=1S/C76H132O6/c1-4-7-10-13-16-19-22-25-28-31-33-35-37-38-40-41-43-45-48-51-54-57-60-63-66-69-75(78)81-72-73(71-80-74(77)68-65-62-59-56-53-50-47-30-27-24-21-18-15-12-9-6-3)82-76(79)70-67-64-61-58-55-52-49-46-44-42-39-36-34-32-29-26-23-20-17-14-11-8-5-2/h7,10,16,19,25,28,30,32-35,38,40,43,45,47,73H,4-6,8-9,11-15,17-18,20-24,26-27,29,31,36-37,39,41-42,44,46,48-72H2,1-3H3/b10-7-,19-16-,28-25-,34-32-,35-33-,40-38-,45-43-,47-30-. The van der Waals surface area contributed by atoms with E-state index in [1.165, 1.54) is 193 Å². The van der Waals surface area contributed by atoms with Gasteiger partial charge in [-0.3, -0.25) is 14.4 Å². The van der Waals surface area contributed by atoms with Gasteiger partial charge in [-0.05, 0) is 122 Å². The molecule has 0 saturated carbocycles. The van der Waals surface area contributed by atoms with Crippen molar-refractivity contribution in [3.63, 3.8) is 0 Å². The van der Waals surface area contributed by atoms with Crippen molar-refractivity contribution in [3.05, 3.63) is 97.2 Å². The number of carbonyl (C=O) groups excluding carboxylic acids is 3. The molecule has 472 valence electrons. The second kappa shape index (κ2) is 69.8. The lowest BCUT2D eigenvalue weighted by Crippen LogP contribution is -2.30. The Labute approximate surface area is 508 Å². The van der Waals surface area contributed by atoms with Crippen LogP contribution in [0.3, 0.4) is 0 Å². The van der Waals surface area contributed by atoms with Crippen LogP contribution in [0.2, 0.25) is 0 Å². The van der Waals surface area contributed by atoms with E-state index in [2.05, 4.69) is 118 Å². The Bertz CT molecular complexity index is 1590. The van der Waals surface area contributed by atoms with Crippen LogP contribution < -0.4 is 0 Å². The van der Waals surface area contributed by atoms with Crippen molar-refractivity contribution in [3.8, 4) is 0 Å². The third-order valence-corrected chi connectivity index (χ3v) is 15.3. The zero-order valence-corrected chi connectivity index (χ0v) is 54.2. The molecule has 6 heteroatoms. The van der Waals surface area contributed by atoms with Gasteiger partial charge in [0.1, 0.15) is 13.2 Å². The minimum absolute atomic E-state index is 0.0853. The first-order valence-corrected chi connectivity index (χ1v) is 35.2. The Kier molecular flexibility index (Phi) is 66.7. The molecule has 0 aromatic heterocycles. The van der Waals surface area contributed by atoms with Gasteiger partial charge in [0, 0.05) is 19.3 Å². The molecule has 0 fully saturated rings. The fraction of sp³-hybridized carbons (Fsp3) is 0.750. The Hall–Kier alpha value is -3.67. The molecule has 0 saturated heterocycles. The molecule has 1 unspecified atom stereocenters. The summed E-state index contributed by atoms with van der Waals surface area (Å²) in [7, 11) is 0. The summed E-state index contributed by atoms with van der Waals surface area (Å²) in [5, 5.41) is 0. The SMILES string of the molecule is CC/C=C\C/C=C\C/C=C\C/C=C\C/C=C\C/C=C\CCCCCCCCC(=O)OCC(COC(=O)CCCCCCC/C=C\CCCCCCCCC)OC(=O)CCCCCCCCCCCCC/C=C\CCCCCCCCCC. The smallest absolute Gasteiger partial charge is 0.306 e. The van der Waals surface area contributed by atoms with Crippen LogP contribution in [-0.4, -0.2) is 37.2 Å². The van der Waals surface area contributed by atoms with Gasteiger partial charge in [-0.15, -0.1) is 0 Å². The molecular weight excluding hydrogens is 1010 g/mol. The highest BCUT2D eigenvalue weighted by molar-refractivity contribution is 5.71. The van der Waals surface area contributed by atoms with Gasteiger partial charge in [-0.2, -0.15) is 0 Å². The van der Waals surface area contributed by atoms with E-state index in [9.17, 15) is 14.4 Å². The summed E-state index contributed by atoms with van der Waals surface area (Å²) in [6, 6.07) is 0. The van der Waals surface area contributed by atoms with Crippen LogP contribution in [-0.2, 0) is 28.6 Å². The van der Waals surface area contributed by atoms with Gasteiger partial charge >= 0.3 is 17.9 Å². The van der Waals surface area contributed by atoms with Crippen molar-refractivity contribution < 1.29 is 28.6 Å². The Morgan fingerprint density at radius 3 is 0.756 bits per heavy atom. The molecular formula is C76H132O6. The van der Waals surface area contributed by atoms with Crippen molar-refractivity contribution in [2.45, 2.75) is 354 Å². The molecule has 6 nitrogen and oxygen atoms in total. The summed E-state index contributed by atoms with van der Waals surface area (Å²) in [4.78, 5) is 38.5. The first-order valence-electron chi connectivity index (χ1n) is 35.2. The van der Waals surface area contributed by atoms with Crippen LogP contribution in [0.4, 0.5) is 0 Å². The summed E-state index contributed by atoms with van der Waals surface area (Å²) >= 11 is 0. The van der Waals surface area contributed by atoms with E-state index in [1.807, 2.05) is 0 Å². The second-order valence-electron chi connectivity index (χ2n) is 23.4. The predicted octanol–water partition coefficient (Wildman–Crippen LogP) is 24.4. The van der Waals surface area contributed by atoms with Crippen LogP contribution in [0, 0.1) is 0 Å². The highest BCUT2D eigenvalue weighted by Crippen LogP contribution is 2.17. The fourth-order valence-corrected chi connectivity index (χ4v) is 10.0. The van der Waals surface area contributed by atoms with E-state index in [4.69, 9.17) is 14.2 Å². The van der Waals surface area contributed by atoms with E-state index >= 15 is 0 Å². The number of ether oxygens (including phenoxy) is 3. The number of allylic oxidation sites excluding steroid dienone is 16. The Morgan fingerprint density at radius 1 is 0.256 bits per heavy atom. The van der Waals surface area contributed by atoms with Gasteiger partial charge in [-0.25, -0.2) is 0 Å². The van der Waals surface area contributed by atoms with E-state index < -0.39 is 6.10 Å². The van der Waals surface area contributed by atoms with Crippen molar-refractivity contribution in [1.29, 1.82) is 0 Å². The molecule has 0 spiro atoms. The lowest BCUT2D eigenvalue weighted by Gasteiger charge is -2.18. The number of unbranched alkanes of at least 4 members (excludes halogenated alkanes) is 37. The van der Waals surface area contributed by atoms with Crippen molar-refractivity contribution in [1.82, 2.24) is 0 Å². The lowest BCUT2D eigenvalue weighted by molar-refractivity contribution is -0.167. The number of carbonyl (C=O) groups is 3. The molecule has 0 N–H and O–H groups in total. The molecule has 0 aliphatic rings. The van der Waals surface area contributed by atoms with Crippen LogP contribution >= 0.6 is 0 Å². The summed E-state index contributed by atoms with van der Waals surface area (Å²) in [5.74, 6) is -0.893. The average molecular weight is 1140 g/mol. The summed E-state index contributed by atoms with van der Waals surface area (Å²) < 4.78 is 17.0. The van der Waals surface area contributed by atoms with E-state index in [0.29, 0.717) is 19.3 Å². The van der Waals surface area contributed by atoms with E-state index in [1.54, 1.807) is 0 Å². The van der Waals surface area contributed by atoms with Gasteiger partial charge < -0.3 is 14.2 Å². The zero-order valence-electron chi connectivity index (χ0n) is 54.2. The number of hydrogen-bond acceptors (Lipinski definition) is 6. The summed E-state index contributed by atoms with van der Waals surface area (Å²) in [5.41, 5.74) is 0. The maximum Gasteiger partial charge on any atom is 0.306 e. The molecule has 1 atom stereocenters. The number of hydrogen-bond donors (Lipinski definition) is 0.